The summed E-state index contributed by atoms with van der Waals surface area (Å²) in [5, 5.41) is 11.8. The summed E-state index contributed by atoms with van der Waals surface area (Å²) in [5.74, 6) is 0. The number of ether oxygens (including phenoxy) is 1. The predicted octanol–water partition coefficient (Wildman–Crippen LogP) is 2.62. The van der Waals surface area contributed by atoms with Crippen LogP contribution >= 0.6 is 0 Å². The molecule has 0 aliphatic carbocycles. The van der Waals surface area contributed by atoms with E-state index in [1.165, 1.54) is 0 Å². The van der Waals surface area contributed by atoms with Crippen LogP contribution in [0.5, 0.6) is 0 Å². The topological polar surface area (TPSA) is 45.0 Å². The Morgan fingerprint density at radius 2 is 2.11 bits per heavy atom. The highest BCUT2D eigenvalue weighted by molar-refractivity contribution is 5.32. The second-order valence-corrected chi connectivity index (χ2v) is 4.01. The third-order valence-electron chi connectivity index (χ3n) is 2.29. The molecule has 0 amide bonds. The number of nitriles is 1. The van der Waals surface area contributed by atoms with E-state index in [9.17, 15) is 13.2 Å². The average molecular weight is 272 g/mol. The molecular formula is C13H15F3N2O. The van der Waals surface area contributed by atoms with Gasteiger partial charge in [0.25, 0.3) is 0 Å². The molecule has 1 rings (SSSR count). The van der Waals surface area contributed by atoms with Gasteiger partial charge in [-0.25, -0.2) is 0 Å². The summed E-state index contributed by atoms with van der Waals surface area (Å²) in [7, 11) is 0. The van der Waals surface area contributed by atoms with Crippen LogP contribution in [0, 0.1) is 11.3 Å². The molecule has 0 saturated carbocycles. The van der Waals surface area contributed by atoms with Gasteiger partial charge < -0.3 is 10.1 Å². The third-order valence-corrected chi connectivity index (χ3v) is 2.29. The molecule has 0 atom stereocenters. The van der Waals surface area contributed by atoms with Gasteiger partial charge >= 0.3 is 6.18 Å². The van der Waals surface area contributed by atoms with Crippen LogP contribution in [0.4, 0.5) is 13.2 Å². The summed E-state index contributed by atoms with van der Waals surface area (Å²) in [6, 6.07) is 9.21. The molecule has 0 bridgehead atoms. The third kappa shape index (κ3) is 7.44. The van der Waals surface area contributed by atoms with Gasteiger partial charge in [-0.1, -0.05) is 12.1 Å². The van der Waals surface area contributed by atoms with Crippen LogP contribution in [-0.4, -0.2) is 25.9 Å². The van der Waals surface area contributed by atoms with E-state index in [4.69, 9.17) is 5.26 Å². The van der Waals surface area contributed by atoms with Crippen molar-refractivity contribution in [1.82, 2.24) is 5.32 Å². The Morgan fingerprint density at radius 1 is 1.32 bits per heavy atom. The first-order chi connectivity index (χ1) is 9.01. The average Bonchev–Trinajstić information content (AvgIpc) is 2.36. The Balaban J connectivity index is 2.09. The number of rotatable bonds is 7. The van der Waals surface area contributed by atoms with E-state index in [1.807, 2.05) is 12.1 Å². The van der Waals surface area contributed by atoms with Crippen LogP contribution in [0.1, 0.15) is 17.5 Å². The van der Waals surface area contributed by atoms with Crippen LogP contribution in [0.25, 0.3) is 0 Å². The lowest BCUT2D eigenvalue weighted by atomic mass is 10.1. The van der Waals surface area contributed by atoms with Crippen molar-refractivity contribution < 1.29 is 17.9 Å². The van der Waals surface area contributed by atoms with Gasteiger partial charge in [0.2, 0.25) is 0 Å². The molecule has 6 heteroatoms. The molecular weight excluding hydrogens is 257 g/mol. The Kier molecular flexibility index (Phi) is 6.33. The molecule has 19 heavy (non-hydrogen) atoms. The van der Waals surface area contributed by atoms with Gasteiger partial charge in [-0.05, 0) is 30.7 Å². The van der Waals surface area contributed by atoms with E-state index in [2.05, 4.69) is 10.1 Å². The predicted molar refractivity (Wildman–Crippen MR) is 64.4 cm³/mol. The zero-order valence-corrected chi connectivity index (χ0v) is 10.3. The number of hydrogen-bond acceptors (Lipinski definition) is 3. The fraction of sp³-hybridized carbons (Fsp3) is 0.462. The van der Waals surface area contributed by atoms with Crippen LogP contribution in [0.3, 0.4) is 0 Å². The van der Waals surface area contributed by atoms with Crippen LogP contribution < -0.4 is 5.32 Å². The Hall–Kier alpha value is -1.58. The van der Waals surface area contributed by atoms with Gasteiger partial charge in [-0.2, -0.15) is 18.4 Å². The molecule has 0 aromatic heterocycles. The van der Waals surface area contributed by atoms with E-state index >= 15 is 0 Å². The fourth-order valence-electron chi connectivity index (χ4n) is 1.47. The van der Waals surface area contributed by atoms with E-state index in [-0.39, 0.29) is 6.61 Å². The summed E-state index contributed by atoms with van der Waals surface area (Å²) in [6.07, 6.45) is -3.75. The number of halogens is 3. The Labute approximate surface area is 110 Å². The number of nitrogens with one attached hydrogen (secondary N) is 1. The Bertz CT molecular complexity index is 427. The molecule has 1 N–H and O–H groups in total. The summed E-state index contributed by atoms with van der Waals surface area (Å²) in [4.78, 5) is 0. The first-order valence-corrected chi connectivity index (χ1v) is 5.85. The second kappa shape index (κ2) is 7.77. The summed E-state index contributed by atoms with van der Waals surface area (Å²) >= 11 is 0. The lowest BCUT2D eigenvalue weighted by Gasteiger charge is -2.08. The monoisotopic (exact) mass is 272 g/mol. The SMILES string of the molecule is N#Cc1cccc(CNCCCOCC(F)(F)F)c1. The lowest BCUT2D eigenvalue weighted by Crippen LogP contribution is -2.20. The van der Waals surface area contributed by atoms with Crippen molar-refractivity contribution in [2.75, 3.05) is 19.8 Å². The largest absolute Gasteiger partial charge is 0.411 e. The summed E-state index contributed by atoms with van der Waals surface area (Å²) in [5.41, 5.74) is 1.56. The number of nitrogens with zero attached hydrogens (tertiary/aromatic N) is 1. The Morgan fingerprint density at radius 3 is 2.79 bits per heavy atom. The van der Waals surface area contributed by atoms with E-state index in [0.29, 0.717) is 25.1 Å². The molecule has 0 fully saturated rings. The molecule has 0 aliphatic heterocycles. The van der Waals surface area contributed by atoms with Crippen molar-refractivity contribution in [2.45, 2.75) is 19.1 Å². The van der Waals surface area contributed by atoms with Gasteiger partial charge in [0.05, 0.1) is 11.6 Å². The number of benzene rings is 1. The summed E-state index contributed by atoms with van der Waals surface area (Å²) in [6.45, 7) is 0.0192. The van der Waals surface area contributed by atoms with Crippen molar-refractivity contribution in [2.24, 2.45) is 0 Å². The molecule has 0 saturated heterocycles. The molecule has 0 radical (unpaired) electrons. The summed E-state index contributed by atoms with van der Waals surface area (Å²) < 4.78 is 39.7. The molecule has 0 spiro atoms. The zero-order valence-electron chi connectivity index (χ0n) is 10.3. The molecule has 1 aromatic rings. The van der Waals surface area contributed by atoms with Crippen LogP contribution in [0.15, 0.2) is 24.3 Å². The lowest BCUT2D eigenvalue weighted by molar-refractivity contribution is -0.173. The minimum Gasteiger partial charge on any atom is -0.372 e. The molecule has 3 nitrogen and oxygen atoms in total. The van der Waals surface area contributed by atoms with Gasteiger partial charge in [-0.15, -0.1) is 0 Å². The van der Waals surface area contributed by atoms with Crippen molar-refractivity contribution in [3.8, 4) is 6.07 Å². The highest BCUT2D eigenvalue weighted by atomic mass is 19.4. The van der Waals surface area contributed by atoms with Gasteiger partial charge in [0, 0.05) is 13.2 Å². The van der Waals surface area contributed by atoms with Crippen molar-refractivity contribution >= 4 is 0 Å². The maximum atomic E-state index is 11.8. The van der Waals surface area contributed by atoms with Crippen LogP contribution in [-0.2, 0) is 11.3 Å². The highest BCUT2D eigenvalue weighted by Gasteiger charge is 2.27. The number of alkyl halides is 3. The van der Waals surface area contributed by atoms with E-state index in [0.717, 1.165) is 5.56 Å². The molecule has 1 aromatic carbocycles. The first-order valence-electron chi connectivity index (χ1n) is 5.85. The smallest absolute Gasteiger partial charge is 0.372 e. The molecule has 0 aliphatic rings. The first kappa shape index (κ1) is 15.5. The number of hydrogen-bond donors (Lipinski definition) is 1. The molecule has 0 unspecified atom stereocenters. The van der Waals surface area contributed by atoms with Gasteiger partial charge in [0.15, 0.2) is 0 Å². The van der Waals surface area contributed by atoms with Gasteiger partial charge in [0.1, 0.15) is 6.61 Å². The van der Waals surface area contributed by atoms with E-state index < -0.39 is 12.8 Å². The van der Waals surface area contributed by atoms with E-state index in [1.54, 1.807) is 18.2 Å². The highest BCUT2D eigenvalue weighted by Crippen LogP contribution is 2.14. The maximum absolute atomic E-state index is 11.8. The minimum atomic E-state index is -4.26. The second-order valence-electron chi connectivity index (χ2n) is 4.01. The van der Waals surface area contributed by atoms with Gasteiger partial charge in [-0.3, -0.25) is 0 Å². The van der Waals surface area contributed by atoms with Crippen molar-refractivity contribution in [3.63, 3.8) is 0 Å². The van der Waals surface area contributed by atoms with Crippen molar-refractivity contribution in [1.29, 1.82) is 5.26 Å². The normalized spacial score (nSPS) is 11.3. The van der Waals surface area contributed by atoms with Crippen LogP contribution in [0.2, 0.25) is 0 Å². The molecule has 104 valence electrons. The fourth-order valence-corrected chi connectivity index (χ4v) is 1.47. The molecule has 0 heterocycles. The standard InChI is InChI=1S/C13H15F3N2O/c14-13(15,16)10-19-6-2-5-18-9-12-4-1-3-11(7-12)8-17/h1,3-4,7,18H,2,5-6,9-10H2. The minimum absolute atomic E-state index is 0.0742. The maximum Gasteiger partial charge on any atom is 0.411 e. The van der Waals surface area contributed by atoms with Crippen molar-refractivity contribution in [3.05, 3.63) is 35.4 Å². The quantitative estimate of drug-likeness (QED) is 0.776. The zero-order chi connectivity index (χ0) is 14.1.